The van der Waals surface area contributed by atoms with Gasteiger partial charge in [0, 0.05) is 21.7 Å². The molecule has 0 atom stereocenters. The Morgan fingerprint density at radius 1 is 1.08 bits per heavy atom. The number of furan rings is 1. The van der Waals surface area contributed by atoms with E-state index in [0.29, 0.717) is 5.82 Å². The van der Waals surface area contributed by atoms with Crippen molar-refractivity contribution in [1.29, 1.82) is 0 Å². The van der Waals surface area contributed by atoms with Gasteiger partial charge in [0.25, 0.3) is 0 Å². The summed E-state index contributed by atoms with van der Waals surface area (Å²) < 4.78 is 5.67. The molecule has 24 heavy (non-hydrogen) atoms. The molecule has 2 heterocycles. The first-order valence-electron chi connectivity index (χ1n) is 7.76. The Morgan fingerprint density at radius 3 is 2.71 bits per heavy atom. The van der Waals surface area contributed by atoms with Crippen LogP contribution in [0.1, 0.15) is 5.69 Å². The Labute approximate surface area is 139 Å². The number of rotatable bonds is 2. The largest absolute Gasteiger partial charge is 0.464 e. The molecule has 6 heteroatoms. The van der Waals surface area contributed by atoms with Gasteiger partial charge in [0.15, 0.2) is 5.82 Å². The van der Waals surface area contributed by atoms with Crippen molar-refractivity contribution in [2.75, 3.05) is 5.73 Å². The van der Waals surface area contributed by atoms with E-state index in [0.717, 1.165) is 44.0 Å². The molecule has 0 radical (unpaired) electrons. The summed E-state index contributed by atoms with van der Waals surface area (Å²) in [6, 6.07) is 11.8. The van der Waals surface area contributed by atoms with Crippen LogP contribution in [0.25, 0.3) is 32.9 Å². The van der Waals surface area contributed by atoms with Gasteiger partial charge < -0.3 is 15.2 Å². The molecule has 0 bridgehead atoms. The quantitative estimate of drug-likeness (QED) is 0.555. The predicted octanol–water partition coefficient (Wildman–Crippen LogP) is 2.75. The first-order valence-corrected chi connectivity index (χ1v) is 7.76. The van der Waals surface area contributed by atoms with Gasteiger partial charge in [-0.3, -0.25) is 0 Å². The van der Waals surface area contributed by atoms with Crippen LogP contribution in [0, 0.1) is 6.92 Å². The Morgan fingerprint density at radius 2 is 1.92 bits per heavy atom. The van der Waals surface area contributed by atoms with Crippen LogP contribution in [0.4, 0.5) is 5.82 Å². The lowest BCUT2D eigenvalue weighted by atomic mass is 9.63. The Kier molecular flexibility index (Phi) is 3.28. The third kappa shape index (κ3) is 2.23. The minimum absolute atomic E-state index is 0.419. The molecule has 0 saturated heterocycles. The number of nitrogens with zero attached hydrogens (tertiary/aromatic N) is 2. The number of aryl methyl sites for hydroxylation is 1. The third-order valence-electron chi connectivity index (χ3n) is 4.36. The number of benzene rings is 2. The highest BCUT2D eigenvalue weighted by Crippen LogP contribution is 2.32. The molecule has 0 unspecified atom stereocenters. The van der Waals surface area contributed by atoms with Crippen molar-refractivity contribution in [2.45, 2.75) is 13.7 Å². The van der Waals surface area contributed by atoms with E-state index < -0.39 is 6.92 Å². The maximum atomic E-state index is 9.98. The van der Waals surface area contributed by atoms with E-state index in [1.54, 1.807) is 13.1 Å². The Hall–Kier alpha value is -2.86. The zero-order chi connectivity index (χ0) is 16.8. The predicted molar refractivity (Wildman–Crippen MR) is 97.4 cm³/mol. The van der Waals surface area contributed by atoms with Crippen molar-refractivity contribution in [3.8, 4) is 11.1 Å². The third-order valence-corrected chi connectivity index (χ3v) is 4.36. The molecule has 0 spiro atoms. The van der Waals surface area contributed by atoms with Crippen LogP contribution in [-0.2, 0) is 0 Å². The van der Waals surface area contributed by atoms with Crippen molar-refractivity contribution >= 4 is 39.9 Å². The van der Waals surface area contributed by atoms with Gasteiger partial charge in [0.05, 0.1) is 12.0 Å². The summed E-state index contributed by atoms with van der Waals surface area (Å²) in [6.07, 6.45) is 1.66. The summed E-state index contributed by atoms with van der Waals surface area (Å²) >= 11 is 0. The van der Waals surface area contributed by atoms with E-state index in [-0.39, 0.29) is 0 Å². The molecule has 4 aromatic rings. The number of hydrogen-bond acceptors (Lipinski definition) is 5. The van der Waals surface area contributed by atoms with Gasteiger partial charge in [-0.25, -0.2) is 0 Å². The van der Waals surface area contributed by atoms with Gasteiger partial charge in [-0.05, 0) is 36.1 Å². The van der Waals surface area contributed by atoms with Gasteiger partial charge in [-0.2, -0.15) is 5.10 Å². The maximum absolute atomic E-state index is 9.98. The van der Waals surface area contributed by atoms with Crippen molar-refractivity contribution in [2.24, 2.45) is 0 Å². The fourth-order valence-corrected chi connectivity index (χ4v) is 3.03. The normalized spacial score (nSPS) is 11.3. The number of fused-ring (bicyclic) bond motifs is 2. The lowest BCUT2D eigenvalue weighted by Gasteiger charge is -2.10. The molecule has 118 valence electrons. The van der Waals surface area contributed by atoms with Crippen LogP contribution >= 0.6 is 0 Å². The Balaban J connectivity index is 2.02. The topological polar surface area (TPSA) is 85.2 Å². The monoisotopic (exact) mass is 317 g/mol. The minimum Gasteiger partial charge on any atom is -0.464 e. The minimum atomic E-state index is -0.549. The van der Waals surface area contributed by atoms with Gasteiger partial charge in [-0.15, -0.1) is 5.10 Å². The summed E-state index contributed by atoms with van der Waals surface area (Å²) in [5, 5.41) is 20.9. The molecule has 0 fully saturated rings. The summed E-state index contributed by atoms with van der Waals surface area (Å²) in [4.78, 5) is 0. The van der Waals surface area contributed by atoms with Crippen LogP contribution < -0.4 is 11.2 Å². The molecule has 0 aliphatic rings. The zero-order valence-electron chi connectivity index (χ0n) is 13.4. The summed E-state index contributed by atoms with van der Waals surface area (Å²) in [6.45, 7) is 3.12. The van der Waals surface area contributed by atoms with Gasteiger partial charge in [0.1, 0.15) is 5.58 Å². The van der Waals surface area contributed by atoms with Gasteiger partial charge in [-0.1, -0.05) is 25.0 Å². The van der Waals surface area contributed by atoms with Crippen LogP contribution in [0.5, 0.6) is 0 Å². The molecule has 0 saturated carbocycles. The fourth-order valence-electron chi connectivity index (χ4n) is 3.03. The molecule has 2 aromatic carbocycles. The molecule has 5 nitrogen and oxygen atoms in total. The molecular weight excluding hydrogens is 301 g/mol. The van der Waals surface area contributed by atoms with Crippen LogP contribution in [0.2, 0.25) is 6.82 Å². The average molecular weight is 317 g/mol. The maximum Gasteiger partial charge on any atom is 0.320 e. The van der Waals surface area contributed by atoms with Gasteiger partial charge >= 0.3 is 6.92 Å². The summed E-state index contributed by atoms with van der Waals surface area (Å²) in [5.74, 6) is 0.419. The Bertz CT molecular complexity index is 1070. The number of nitrogen functional groups attached to an aromatic ring is 1. The molecule has 3 N–H and O–H groups in total. The van der Waals surface area contributed by atoms with E-state index in [1.165, 1.54) is 0 Å². The van der Waals surface area contributed by atoms with Crippen molar-refractivity contribution < 1.29 is 9.44 Å². The highest BCUT2D eigenvalue weighted by atomic mass is 16.3. The van der Waals surface area contributed by atoms with Crippen LogP contribution in [0.15, 0.2) is 47.1 Å². The van der Waals surface area contributed by atoms with E-state index in [1.807, 2.05) is 43.3 Å². The van der Waals surface area contributed by atoms with Crippen LogP contribution in [0.3, 0.4) is 0 Å². The van der Waals surface area contributed by atoms with E-state index in [4.69, 9.17) is 10.2 Å². The van der Waals surface area contributed by atoms with Crippen molar-refractivity contribution in [3.05, 3.63) is 48.4 Å². The number of aromatic nitrogens is 2. The standard InChI is InChI=1S/C18H16BN3O2/c1-10-15-8-11(3-4-14(15)18(20)22-21-10)16-9-13(19(2)23)7-12-5-6-24-17(12)16/h3-9,23H,1-2H3,(H2,20,22). The van der Waals surface area contributed by atoms with E-state index >= 15 is 0 Å². The number of anilines is 1. The highest BCUT2D eigenvalue weighted by Gasteiger charge is 2.15. The van der Waals surface area contributed by atoms with E-state index in [9.17, 15) is 5.02 Å². The molecule has 0 amide bonds. The zero-order valence-corrected chi connectivity index (χ0v) is 13.4. The fraction of sp³-hybridized carbons (Fsp3) is 0.111. The SMILES string of the molecule is CB(O)c1cc(-c2ccc3c(N)nnc(C)c3c2)c2occc2c1. The second kappa shape index (κ2) is 5.35. The smallest absolute Gasteiger partial charge is 0.320 e. The molecule has 0 aliphatic carbocycles. The molecule has 2 aromatic heterocycles. The second-order valence-corrected chi connectivity index (χ2v) is 6.01. The average Bonchev–Trinajstić information content (AvgIpc) is 3.05. The van der Waals surface area contributed by atoms with Crippen molar-refractivity contribution in [1.82, 2.24) is 10.2 Å². The van der Waals surface area contributed by atoms with E-state index in [2.05, 4.69) is 10.2 Å². The molecule has 4 rings (SSSR count). The van der Waals surface area contributed by atoms with Crippen LogP contribution in [-0.4, -0.2) is 22.1 Å². The summed E-state index contributed by atoms with van der Waals surface area (Å²) in [5.41, 5.74) is 10.3. The lowest BCUT2D eigenvalue weighted by molar-refractivity contribution is 0.594. The molecular formula is C18H16BN3O2. The van der Waals surface area contributed by atoms with Gasteiger partial charge in [0.2, 0.25) is 0 Å². The summed E-state index contributed by atoms with van der Waals surface area (Å²) in [7, 11) is 0. The lowest BCUT2D eigenvalue weighted by Crippen LogP contribution is -2.26. The second-order valence-electron chi connectivity index (χ2n) is 6.01. The first-order chi connectivity index (χ1) is 11.5. The number of nitrogens with two attached hydrogens (primary N) is 1. The molecule has 0 aliphatic heterocycles. The first kappa shape index (κ1) is 14.7. The van der Waals surface area contributed by atoms with Crippen molar-refractivity contribution in [3.63, 3.8) is 0 Å². The highest BCUT2D eigenvalue weighted by molar-refractivity contribution is 6.65. The number of hydrogen-bond donors (Lipinski definition) is 2.